The summed E-state index contributed by atoms with van der Waals surface area (Å²) >= 11 is 0. The van der Waals surface area contributed by atoms with Crippen molar-refractivity contribution < 1.29 is 4.74 Å². The molecule has 2 atom stereocenters. The molecule has 1 aliphatic rings. The van der Waals surface area contributed by atoms with Gasteiger partial charge in [-0.25, -0.2) is 0 Å². The van der Waals surface area contributed by atoms with Gasteiger partial charge in [-0.2, -0.15) is 5.26 Å². The molecule has 0 aromatic heterocycles. The molecule has 0 N–H and O–H groups in total. The molecule has 0 radical (unpaired) electrons. The van der Waals surface area contributed by atoms with Crippen LogP contribution in [0.4, 0.5) is 0 Å². The van der Waals surface area contributed by atoms with Crippen molar-refractivity contribution in [2.75, 3.05) is 13.6 Å². The Kier molecular flexibility index (Phi) is 4.41. The van der Waals surface area contributed by atoms with Crippen LogP contribution < -0.4 is 4.74 Å². The van der Waals surface area contributed by atoms with Crippen molar-refractivity contribution in [1.29, 1.82) is 5.26 Å². The van der Waals surface area contributed by atoms with Crippen molar-refractivity contribution in [3.8, 4) is 17.6 Å². The van der Waals surface area contributed by atoms with Crippen molar-refractivity contribution >= 4 is 0 Å². The monoisotopic (exact) mass is 292 g/mol. The van der Waals surface area contributed by atoms with Gasteiger partial charge in [0.05, 0.1) is 12.1 Å². The first kappa shape index (κ1) is 14.6. The van der Waals surface area contributed by atoms with E-state index in [1.807, 2.05) is 55.6 Å². The number of nitriles is 1. The maximum Gasteiger partial charge on any atom is 0.130 e. The Labute approximate surface area is 131 Å². The van der Waals surface area contributed by atoms with Gasteiger partial charge in [-0.15, -0.1) is 0 Å². The van der Waals surface area contributed by atoms with E-state index in [0.29, 0.717) is 5.92 Å². The molecule has 112 valence electrons. The average Bonchev–Trinajstić information content (AvgIpc) is 2.57. The van der Waals surface area contributed by atoms with Crippen LogP contribution in [0.3, 0.4) is 0 Å². The van der Waals surface area contributed by atoms with Gasteiger partial charge < -0.3 is 4.74 Å². The Morgan fingerprint density at radius 3 is 2.59 bits per heavy atom. The minimum absolute atomic E-state index is 0.0106. The topological polar surface area (TPSA) is 36.3 Å². The van der Waals surface area contributed by atoms with E-state index in [1.54, 1.807) is 0 Å². The number of nitrogens with zero attached hydrogens (tertiary/aromatic N) is 2. The standard InChI is InChI=1S/C19H20N2O/c1-21-12-11-15(13-16(21)14-20)18-9-5-6-10-19(18)22-17-7-3-2-4-8-17/h2-10,15-16H,11-13H2,1H3. The molecule has 2 aromatic carbocycles. The van der Waals surface area contributed by atoms with Crippen LogP contribution in [0.15, 0.2) is 54.6 Å². The third kappa shape index (κ3) is 3.13. The molecule has 2 aromatic rings. The fourth-order valence-corrected chi connectivity index (χ4v) is 3.04. The minimum atomic E-state index is -0.0106. The summed E-state index contributed by atoms with van der Waals surface area (Å²) in [6, 6.07) is 20.4. The quantitative estimate of drug-likeness (QED) is 0.851. The average molecular weight is 292 g/mol. The van der Waals surface area contributed by atoms with E-state index < -0.39 is 0 Å². The van der Waals surface area contributed by atoms with Crippen LogP contribution in [0, 0.1) is 11.3 Å². The zero-order chi connectivity index (χ0) is 15.4. The lowest BCUT2D eigenvalue weighted by molar-refractivity contribution is 0.207. The minimum Gasteiger partial charge on any atom is -0.457 e. The summed E-state index contributed by atoms with van der Waals surface area (Å²) in [6.45, 7) is 0.947. The van der Waals surface area contributed by atoms with Crippen LogP contribution in [0.5, 0.6) is 11.5 Å². The fraction of sp³-hybridized carbons (Fsp3) is 0.316. The largest absolute Gasteiger partial charge is 0.457 e. The van der Waals surface area contributed by atoms with Gasteiger partial charge in [0.2, 0.25) is 0 Å². The van der Waals surface area contributed by atoms with Crippen LogP contribution in [0.25, 0.3) is 0 Å². The van der Waals surface area contributed by atoms with Crippen molar-refractivity contribution in [3.05, 3.63) is 60.2 Å². The molecule has 3 heteroatoms. The van der Waals surface area contributed by atoms with E-state index in [4.69, 9.17) is 4.74 Å². The van der Waals surface area contributed by atoms with Gasteiger partial charge in [0, 0.05) is 0 Å². The maximum atomic E-state index is 9.31. The molecule has 3 rings (SSSR count). The number of ether oxygens (including phenoxy) is 1. The number of para-hydroxylation sites is 2. The molecule has 0 amide bonds. The summed E-state index contributed by atoms with van der Waals surface area (Å²) in [4.78, 5) is 2.14. The Balaban J connectivity index is 1.84. The number of hydrogen-bond donors (Lipinski definition) is 0. The molecular weight excluding hydrogens is 272 g/mol. The van der Waals surface area contributed by atoms with E-state index in [-0.39, 0.29) is 6.04 Å². The molecule has 3 nitrogen and oxygen atoms in total. The summed E-state index contributed by atoms with van der Waals surface area (Å²) in [6.07, 6.45) is 1.92. The summed E-state index contributed by atoms with van der Waals surface area (Å²) < 4.78 is 6.06. The number of rotatable bonds is 3. The van der Waals surface area contributed by atoms with Gasteiger partial charge in [-0.3, -0.25) is 4.90 Å². The van der Waals surface area contributed by atoms with E-state index in [0.717, 1.165) is 30.9 Å². The van der Waals surface area contributed by atoms with Gasteiger partial charge in [-0.05, 0) is 56.1 Å². The maximum absolute atomic E-state index is 9.31. The van der Waals surface area contributed by atoms with Crippen LogP contribution in [-0.4, -0.2) is 24.5 Å². The lowest BCUT2D eigenvalue weighted by Crippen LogP contribution is -2.38. The number of benzene rings is 2. The zero-order valence-electron chi connectivity index (χ0n) is 12.8. The summed E-state index contributed by atoms with van der Waals surface area (Å²) in [5, 5.41) is 9.31. The van der Waals surface area contributed by atoms with Gasteiger partial charge in [0.1, 0.15) is 11.5 Å². The molecule has 0 aliphatic carbocycles. The fourth-order valence-electron chi connectivity index (χ4n) is 3.04. The first-order valence-electron chi connectivity index (χ1n) is 7.69. The lowest BCUT2D eigenvalue weighted by Gasteiger charge is -2.33. The summed E-state index contributed by atoms with van der Waals surface area (Å²) in [5.74, 6) is 2.13. The second-order valence-electron chi connectivity index (χ2n) is 5.80. The number of piperidine rings is 1. The van der Waals surface area contributed by atoms with Crippen LogP contribution in [0.2, 0.25) is 0 Å². The van der Waals surface area contributed by atoms with Gasteiger partial charge in [-0.1, -0.05) is 36.4 Å². The molecule has 1 saturated heterocycles. The Hall–Kier alpha value is -2.31. The van der Waals surface area contributed by atoms with Gasteiger partial charge in [0.15, 0.2) is 0 Å². The van der Waals surface area contributed by atoms with Crippen LogP contribution >= 0.6 is 0 Å². The Morgan fingerprint density at radius 2 is 1.82 bits per heavy atom. The highest BCUT2D eigenvalue weighted by molar-refractivity contribution is 5.40. The first-order valence-corrected chi connectivity index (χ1v) is 7.69. The molecule has 0 spiro atoms. The van der Waals surface area contributed by atoms with E-state index in [2.05, 4.69) is 17.0 Å². The van der Waals surface area contributed by atoms with Crippen molar-refractivity contribution in [1.82, 2.24) is 4.90 Å². The highest BCUT2D eigenvalue weighted by atomic mass is 16.5. The van der Waals surface area contributed by atoms with Crippen LogP contribution in [-0.2, 0) is 0 Å². The molecule has 0 bridgehead atoms. The summed E-state index contributed by atoms with van der Waals surface area (Å²) in [5.41, 5.74) is 1.21. The highest BCUT2D eigenvalue weighted by Gasteiger charge is 2.28. The Morgan fingerprint density at radius 1 is 1.09 bits per heavy atom. The third-order valence-electron chi connectivity index (χ3n) is 4.35. The zero-order valence-corrected chi connectivity index (χ0v) is 12.8. The van der Waals surface area contributed by atoms with Crippen molar-refractivity contribution in [3.63, 3.8) is 0 Å². The van der Waals surface area contributed by atoms with E-state index in [1.165, 1.54) is 5.56 Å². The predicted molar refractivity (Wildman–Crippen MR) is 87.0 cm³/mol. The molecule has 1 aliphatic heterocycles. The van der Waals surface area contributed by atoms with Gasteiger partial charge >= 0.3 is 0 Å². The van der Waals surface area contributed by atoms with E-state index >= 15 is 0 Å². The molecule has 0 saturated carbocycles. The summed E-state index contributed by atoms with van der Waals surface area (Å²) in [7, 11) is 2.02. The normalized spacial score (nSPS) is 22.0. The predicted octanol–water partition coefficient (Wildman–Crippen LogP) is 4.18. The SMILES string of the molecule is CN1CCC(c2ccccc2Oc2ccccc2)CC1C#N. The molecular formula is C19H20N2O. The van der Waals surface area contributed by atoms with Crippen LogP contribution in [0.1, 0.15) is 24.3 Å². The molecule has 2 unspecified atom stereocenters. The van der Waals surface area contributed by atoms with Crippen molar-refractivity contribution in [2.24, 2.45) is 0 Å². The smallest absolute Gasteiger partial charge is 0.130 e. The number of hydrogen-bond acceptors (Lipinski definition) is 3. The number of likely N-dealkylation sites (tertiary alicyclic amines) is 1. The second kappa shape index (κ2) is 6.64. The van der Waals surface area contributed by atoms with Crippen molar-refractivity contribution in [2.45, 2.75) is 24.8 Å². The highest BCUT2D eigenvalue weighted by Crippen LogP contribution is 2.37. The Bertz CT molecular complexity index is 663. The molecule has 1 heterocycles. The van der Waals surface area contributed by atoms with Gasteiger partial charge in [0.25, 0.3) is 0 Å². The molecule has 22 heavy (non-hydrogen) atoms. The first-order chi connectivity index (χ1) is 10.8. The third-order valence-corrected chi connectivity index (χ3v) is 4.35. The second-order valence-corrected chi connectivity index (χ2v) is 5.80. The van der Waals surface area contributed by atoms with E-state index in [9.17, 15) is 5.26 Å². The lowest BCUT2D eigenvalue weighted by atomic mass is 9.85. The molecule has 1 fully saturated rings.